The van der Waals surface area contributed by atoms with Gasteiger partial charge in [0, 0.05) is 35.3 Å². The van der Waals surface area contributed by atoms with Gasteiger partial charge in [-0.3, -0.25) is 9.80 Å². The summed E-state index contributed by atoms with van der Waals surface area (Å²) >= 11 is 0. The molecule has 4 nitrogen and oxygen atoms in total. The first-order chi connectivity index (χ1) is 12.7. The minimum atomic E-state index is 0.105. The molecule has 0 aliphatic carbocycles. The van der Waals surface area contributed by atoms with Gasteiger partial charge in [-0.1, -0.05) is 36.4 Å². The third kappa shape index (κ3) is 1.47. The van der Waals surface area contributed by atoms with Gasteiger partial charge in [-0.2, -0.15) is 0 Å². The van der Waals surface area contributed by atoms with Crippen molar-refractivity contribution in [1.29, 1.82) is 0 Å². The van der Waals surface area contributed by atoms with Crippen molar-refractivity contribution in [2.45, 2.75) is 36.0 Å². The Morgan fingerprint density at radius 2 is 1.15 bits per heavy atom. The van der Waals surface area contributed by atoms with Crippen LogP contribution in [-0.4, -0.2) is 49.3 Å². The molecule has 0 amide bonds. The summed E-state index contributed by atoms with van der Waals surface area (Å²) in [6.45, 7) is 2.25. The second-order valence-corrected chi connectivity index (χ2v) is 8.59. The highest BCUT2D eigenvalue weighted by Crippen LogP contribution is 2.65. The lowest BCUT2D eigenvalue weighted by Gasteiger charge is -2.71. The summed E-state index contributed by atoms with van der Waals surface area (Å²) < 4.78 is 0. The molecule has 2 aromatic carbocycles. The normalized spacial score (nSPS) is 37.6. The molecule has 6 rings (SSSR count). The molecule has 2 saturated heterocycles. The fourth-order valence-electron chi connectivity index (χ4n) is 6.73. The number of nitrogens with one attached hydrogen (secondary N) is 2. The number of benzene rings is 2. The average molecular weight is 346 g/mol. The molecule has 0 spiro atoms. The Labute approximate surface area is 155 Å². The maximum Gasteiger partial charge on any atom is 0.0901 e. The van der Waals surface area contributed by atoms with Crippen LogP contribution in [0.3, 0.4) is 0 Å². The number of fused-ring (bicyclic) bond motifs is 2. The Bertz CT molecular complexity index is 822. The molecule has 4 bridgehead atoms. The van der Waals surface area contributed by atoms with Crippen LogP contribution in [0.25, 0.3) is 0 Å². The summed E-state index contributed by atoms with van der Waals surface area (Å²) in [6, 6.07) is 18.1. The number of rotatable bonds is 0. The number of anilines is 2. The minimum Gasteiger partial charge on any atom is -0.369 e. The lowest BCUT2D eigenvalue weighted by molar-refractivity contribution is -0.0691. The van der Waals surface area contributed by atoms with Crippen LogP contribution in [0.5, 0.6) is 0 Å². The van der Waals surface area contributed by atoms with Gasteiger partial charge in [-0.25, -0.2) is 0 Å². The molecule has 4 heteroatoms. The van der Waals surface area contributed by atoms with Crippen LogP contribution in [0.15, 0.2) is 48.5 Å². The molecular formula is C22H26N4. The second kappa shape index (κ2) is 4.81. The molecular weight excluding hydrogens is 320 g/mol. The predicted octanol–water partition coefficient (Wildman–Crippen LogP) is 3.04. The highest BCUT2D eigenvalue weighted by atomic mass is 15.4. The van der Waals surface area contributed by atoms with E-state index >= 15 is 0 Å². The van der Waals surface area contributed by atoms with E-state index in [0.29, 0.717) is 12.3 Å². The molecule has 4 atom stereocenters. The van der Waals surface area contributed by atoms with E-state index < -0.39 is 0 Å². The van der Waals surface area contributed by atoms with Crippen LogP contribution >= 0.6 is 0 Å². The lowest BCUT2D eigenvalue weighted by Crippen LogP contribution is -2.80. The Hall–Kier alpha value is -2.04. The van der Waals surface area contributed by atoms with E-state index in [9.17, 15) is 0 Å². The van der Waals surface area contributed by atoms with E-state index in [1.54, 1.807) is 0 Å². The number of likely N-dealkylation sites (N-methyl/N-ethyl adjacent to an activating group) is 2. The van der Waals surface area contributed by atoms with Crippen LogP contribution in [0, 0.1) is 0 Å². The van der Waals surface area contributed by atoms with Crippen molar-refractivity contribution in [2.24, 2.45) is 0 Å². The number of nitrogens with zero attached hydrogens (tertiary/aromatic N) is 2. The first-order valence-electron chi connectivity index (χ1n) is 9.81. The molecule has 2 fully saturated rings. The Morgan fingerprint density at radius 1 is 0.731 bits per heavy atom. The summed E-state index contributed by atoms with van der Waals surface area (Å²) in [4.78, 5) is 5.11. The summed E-state index contributed by atoms with van der Waals surface area (Å²) in [5, 5.41) is 7.91. The number of hydrogen-bond acceptors (Lipinski definition) is 4. The van der Waals surface area contributed by atoms with Crippen molar-refractivity contribution in [3.8, 4) is 0 Å². The molecule has 2 aromatic rings. The van der Waals surface area contributed by atoms with E-state index in [2.05, 4.69) is 83.1 Å². The van der Waals surface area contributed by atoms with Gasteiger partial charge in [-0.15, -0.1) is 0 Å². The summed E-state index contributed by atoms with van der Waals surface area (Å²) in [6.07, 6.45) is 3.06. The van der Waals surface area contributed by atoms with Crippen LogP contribution in [0.4, 0.5) is 11.4 Å². The smallest absolute Gasteiger partial charge is 0.0901 e. The fourth-order valence-corrected chi connectivity index (χ4v) is 6.73. The van der Waals surface area contributed by atoms with Crippen molar-refractivity contribution in [3.05, 3.63) is 59.7 Å². The zero-order valence-corrected chi connectivity index (χ0v) is 15.5. The van der Waals surface area contributed by atoms with E-state index in [4.69, 9.17) is 0 Å². The lowest BCUT2D eigenvalue weighted by atomic mass is 9.45. The van der Waals surface area contributed by atoms with E-state index in [1.807, 2.05) is 0 Å². The monoisotopic (exact) mass is 346 g/mol. The van der Waals surface area contributed by atoms with Gasteiger partial charge in [0.1, 0.15) is 0 Å². The fraction of sp³-hybridized carbons (Fsp3) is 0.455. The maximum atomic E-state index is 3.95. The highest BCUT2D eigenvalue weighted by molar-refractivity contribution is 5.72. The molecule has 0 saturated carbocycles. The quantitative estimate of drug-likeness (QED) is 0.768. The minimum absolute atomic E-state index is 0.105. The molecule has 4 aliphatic heterocycles. The van der Waals surface area contributed by atoms with Crippen molar-refractivity contribution < 1.29 is 0 Å². The van der Waals surface area contributed by atoms with Gasteiger partial charge in [0.2, 0.25) is 0 Å². The van der Waals surface area contributed by atoms with E-state index in [-0.39, 0.29) is 10.8 Å². The Balaban J connectivity index is 1.75. The van der Waals surface area contributed by atoms with Gasteiger partial charge in [0.15, 0.2) is 0 Å². The average Bonchev–Trinajstić information content (AvgIpc) is 2.67. The molecule has 2 N–H and O–H groups in total. The number of para-hydroxylation sites is 2. The number of likely N-dealkylation sites (tertiary alicyclic amines) is 2. The number of hydrogen-bond donors (Lipinski definition) is 2. The van der Waals surface area contributed by atoms with Gasteiger partial charge in [0.25, 0.3) is 0 Å². The predicted molar refractivity (Wildman–Crippen MR) is 106 cm³/mol. The molecule has 134 valence electrons. The van der Waals surface area contributed by atoms with E-state index in [0.717, 1.165) is 13.1 Å². The standard InChI is InChI=1S/C22H26N4/c1-25-13-11-22-16-8-4-5-9-17(16)23-19(25)21(22)12-14-26(2)20(22)24-18-10-6-3-7-15(18)21/h3-10,19-20,23-24H,11-14H2,1-2H3/t19-,20-,21-,22-/m1/s1. The first-order valence-corrected chi connectivity index (χ1v) is 9.81. The molecule has 0 radical (unpaired) electrons. The summed E-state index contributed by atoms with van der Waals surface area (Å²) in [7, 11) is 4.59. The Morgan fingerprint density at radius 3 is 1.62 bits per heavy atom. The largest absolute Gasteiger partial charge is 0.369 e. The molecule has 26 heavy (non-hydrogen) atoms. The zero-order chi connectivity index (χ0) is 17.5. The van der Waals surface area contributed by atoms with E-state index in [1.165, 1.54) is 35.3 Å². The zero-order valence-electron chi connectivity index (χ0n) is 15.5. The molecule has 4 aliphatic rings. The third-order valence-electron chi connectivity index (χ3n) is 7.73. The van der Waals surface area contributed by atoms with Gasteiger partial charge in [-0.05, 0) is 50.2 Å². The van der Waals surface area contributed by atoms with Crippen molar-refractivity contribution in [3.63, 3.8) is 0 Å². The second-order valence-electron chi connectivity index (χ2n) is 8.59. The van der Waals surface area contributed by atoms with Crippen LogP contribution < -0.4 is 10.6 Å². The summed E-state index contributed by atoms with van der Waals surface area (Å²) in [5.74, 6) is 0. The first kappa shape index (κ1) is 15.1. The topological polar surface area (TPSA) is 30.5 Å². The van der Waals surface area contributed by atoms with Crippen molar-refractivity contribution in [1.82, 2.24) is 9.80 Å². The van der Waals surface area contributed by atoms with Crippen LogP contribution in [0.2, 0.25) is 0 Å². The van der Waals surface area contributed by atoms with Gasteiger partial charge >= 0.3 is 0 Å². The molecule has 0 aromatic heterocycles. The molecule has 0 unspecified atom stereocenters. The Kier molecular flexibility index (Phi) is 2.79. The van der Waals surface area contributed by atoms with Gasteiger partial charge in [0.05, 0.1) is 12.3 Å². The summed E-state index contributed by atoms with van der Waals surface area (Å²) in [5.41, 5.74) is 5.86. The van der Waals surface area contributed by atoms with Crippen LogP contribution in [0.1, 0.15) is 24.0 Å². The van der Waals surface area contributed by atoms with Gasteiger partial charge < -0.3 is 10.6 Å². The highest BCUT2D eigenvalue weighted by Gasteiger charge is 2.70. The number of piperidine rings is 2. The third-order valence-corrected chi connectivity index (χ3v) is 7.73. The van der Waals surface area contributed by atoms with Crippen molar-refractivity contribution in [2.75, 3.05) is 37.8 Å². The SMILES string of the molecule is CN1CC[C@]23c4ccccc4N[C@H]1[C@]21CCN(C)[C@H]3Nc2ccccc21. The van der Waals surface area contributed by atoms with Crippen LogP contribution in [-0.2, 0) is 10.8 Å². The maximum absolute atomic E-state index is 3.95. The van der Waals surface area contributed by atoms with Crippen molar-refractivity contribution >= 4 is 11.4 Å². The molecule has 4 heterocycles.